The molecule has 1 aliphatic heterocycles. The maximum Gasteiger partial charge on any atom is 0.246 e. The molecule has 23 heavy (non-hydrogen) atoms. The standard InChI is InChI=1S/C20H24N2O/c1-14(2)17-9-5-6-10-18(17)21-20(23)15(3)22-13-12-16-8-4-7-11-19(16)22/h4-11,14-15H,12-13H2,1-3H3,(H,21,23)/t15-/m0/s1. The summed E-state index contributed by atoms with van der Waals surface area (Å²) in [4.78, 5) is 14.9. The molecule has 0 bridgehead atoms. The van der Waals surface area contributed by atoms with Crippen LogP contribution in [0.2, 0.25) is 0 Å². The Bertz CT molecular complexity index is 708. The van der Waals surface area contributed by atoms with Crippen molar-refractivity contribution in [1.29, 1.82) is 0 Å². The Kier molecular flexibility index (Phi) is 4.37. The van der Waals surface area contributed by atoms with Crippen LogP contribution in [0.15, 0.2) is 48.5 Å². The summed E-state index contributed by atoms with van der Waals surface area (Å²) in [5, 5.41) is 3.12. The fourth-order valence-corrected chi connectivity index (χ4v) is 3.26. The van der Waals surface area contributed by atoms with E-state index >= 15 is 0 Å². The highest BCUT2D eigenvalue weighted by Gasteiger charge is 2.27. The number of carbonyl (C=O) groups is 1. The number of anilines is 2. The molecule has 0 unspecified atom stereocenters. The molecule has 2 aromatic carbocycles. The van der Waals surface area contributed by atoms with Crippen molar-refractivity contribution in [2.24, 2.45) is 0 Å². The predicted octanol–water partition coefficient (Wildman–Crippen LogP) is 4.20. The van der Waals surface area contributed by atoms with E-state index in [1.807, 2.05) is 31.2 Å². The van der Waals surface area contributed by atoms with E-state index < -0.39 is 0 Å². The van der Waals surface area contributed by atoms with Crippen LogP contribution in [-0.4, -0.2) is 18.5 Å². The van der Waals surface area contributed by atoms with E-state index in [2.05, 4.69) is 48.3 Å². The molecule has 0 saturated heterocycles. The number of nitrogens with one attached hydrogen (secondary N) is 1. The molecule has 1 amide bonds. The Hall–Kier alpha value is -2.29. The number of hydrogen-bond acceptors (Lipinski definition) is 2. The van der Waals surface area contributed by atoms with Crippen molar-refractivity contribution in [3.8, 4) is 0 Å². The van der Waals surface area contributed by atoms with Gasteiger partial charge in [0.25, 0.3) is 0 Å². The second-order valence-electron chi connectivity index (χ2n) is 6.48. The maximum absolute atomic E-state index is 12.7. The minimum atomic E-state index is -0.182. The molecular weight excluding hydrogens is 284 g/mol. The van der Waals surface area contributed by atoms with Crippen molar-refractivity contribution in [2.75, 3.05) is 16.8 Å². The topological polar surface area (TPSA) is 32.3 Å². The van der Waals surface area contributed by atoms with Crippen LogP contribution in [0.5, 0.6) is 0 Å². The first-order valence-corrected chi connectivity index (χ1v) is 8.32. The van der Waals surface area contributed by atoms with Crippen LogP contribution in [-0.2, 0) is 11.2 Å². The number of fused-ring (bicyclic) bond motifs is 1. The van der Waals surface area contributed by atoms with Gasteiger partial charge in [0.1, 0.15) is 6.04 Å². The van der Waals surface area contributed by atoms with Gasteiger partial charge in [-0.25, -0.2) is 0 Å². The van der Waals surface area contributed by atoms with Gasteiger partial charge in [0, 0.05) is 17.9 Å². The van der Waals surface area contributed by atoms with Gasteiger partial charge in [0.05, 0.1) is 0 Å². The van der Waals surface area contributed by atoms with E-state index in [-0.39, 0.29) is 11.9 Å². The zero-order valence-corrected chi connectivity index (χ0v) is 14.0. The molecule has 1 heterocycles. The minimum absolute atomic E-state index is 0.0507. The van der Waals surface area contributed by atoms with Crippen LogP contribution < -0.4 is 10.2 Å². The zero-order valence-electron chi connectivity index (χ0n) is 14.0. The minimum Gasteiger partial charge on any atom is -0.359 e. The smallest absolute Gasteiger partial charge is 0.246 e. The van der Waals surface area contributed by atoms with Gasteiger partial charge in [-0.15, -0.1) is 0 Å². The van der Waals surface area contributed by atoms with Crippen molar-refractivity contribution in [3.63, 3.8) is 0 Å². The molecule has 2 aromatic rings. The van der Waals surface area contributed by atoms with Gasteiger partial charge in [0.2, 0.25) is 5.91 Å². The summed E-state index contributed by atoms with van der Waals surface area (Å²) in [7, 11) is 0. The van der Waals surface area contributed by atoms with Crippen LogP contribution in [0.3, 0.4) is 0 Å². The lowest BCUT2D eigenvalue weighted by Gasteiger charge is -2.27. The van der Waals surface area contributed by atoms with Crippen molar-refractivity contribution in [3.05, 3.63) is 59.7 Å². The Morgan fingerprint density at radius 3 is 2.52 bits per heavy atom. The van der Waals surface area contributed by atoms with Crippen LogP contribution in [0.1, 0.15) is 37.8 Å². The van der Waals surface area contributed by atoms with Gasteiger partial charge < -0.3 is 10.2 Å². The lowest BCUT2D eigenvalue weighted by Crippen LogP contribution is -2.41. The van der Waals surface area contributed by atoms with Crippen LogP contribution in [0.4, 0.5) is 11.4 Å². The van der Waals surface area contributed by atoms with Gasteiger partial charge >= 0.3 is 0 Å². The molecule has 0 fully saturated rings. The van der Waals surface area contributed by atoms with E-state index in [0.29, 0.717) is 5.92 Å². The molecule has 3 rings (SSSR count). The average Bonchev–Trinajstić information content (AvgIpc) is 2.98. The van der Waals surface area contributed by atoms with E-state index in [9.17, 15) is 4.79 Å². The quantitative estimate of drug-likeness (QED) is 0.918. The zero-order chi connectivity index (χ0) is 16.4. The Morgan fingerprint density at radius 1 is 1.04 bits per heavy atom. The molecule has 1 aliphatic rings. The monoisotopic (exact) mass is 308 g/mol. The molecule has 3 nitrogen and oxygen atoms in total. The highest BCUT2D eigenvalue weighted by atomic mass is 16.2. The van der Waals surface area contributed by atoms with Crippen molar-refractivity contribution in [2.45, 2.75) is 39.2 Å². The summed E-state index contributed by atoms with van der Waals surface area (Å²) < 4.78 is 0. The lowest BCUT2D eigenvalue weighted by molar-refractivity contribution is -0.117. The molecule has 1 atom stereocenters. The average molecular weight is 308 g/mol. The van der Waals surface area contributed by atoms with Crippen molar-refractivity contribution < 1.29 is 4.79 Å². The maximum atomic E-state index is 12.7. The second-order valence-corrected chi connectivity index (χ2v) is 6.48. The molecule has 0 aliphatic carbocycles. The third-order valence-electron chi connectivity index (χ3n) is 4.61. The number of carbonyl (C=O) groups excluding carboxylic acids is 1. The summed E-state index contributed by atoms with van der Waals surface area (Å²) in [6.45, 7) is 7.17. The number of hydrogen-bond donors (Lipinski definition) is 1. The third kappa shape index (κ3) is 3.09. The van der Waals surface area contributed by atoms with E-state index in [4.69, 9.17) is 0 Å². The highest BCUT2D eigenvalue weighted by molar-refractivity contribution is 5.97. The van der Waals surface area contributed by atoms with E-state index in [1.165, 1.54) is 16.8 Å². The van der Waals surface area contributed by atoms with Gasteiger partial charge in [-0.3, -0.25) is 4.79 Å². The van der Waals surface area contributed by atoms with Gasteiger partial charge in [-0.05, 0) is 42.5 Å². The van der Waals surface area contributed by atoms with Crippen molar-refractivity contribution in [1.82, 2.24) is 0 Å². The first-order chi connectivity index (χ1) is 11.1. The fourth-order valence-electron chi connectivity index (χ4n) is 3.26. The third-order valence-corrected chi connectivity index (χ3v) is 4.61. The molecule has 0 spiro atoms. The van der Waals surface area contributed by atoms with Gasteiger partial charge in [-0.1, -0.05) is 50.2 Å². The molecular formula is C20H24N2O. The van der Waals surface area contributed by atoms with E-state index in [0.717, 1.165) is 18.7 Å². The molecule has 1 N–H and O–H groups in total. The molecule has 0 radical (unpaired) electrons. The highest BCUT2D eigenvalue weighted by Crippen LogP contribution is 2.30. The molecule has 120 valence electrons. The summed E-state index contributed by atoms with van der Waals surface area (Å²) in [5.74, 6) is 0.434. The number of para-hydroxylation sites is 2. The Balaban J connectivity index is 1.77. The normalized spacial score (nSPS) is 14.7. The number of amides is 1. The SMILES string of the molecule is CC(C)c1ccccc1NC(=O)[C@H](C)N1CCc2ccccc21. The van der Waals surface area contributed by atoms with Gasteiger partial charge in [0.15, 0.2) is 0 Å². The Morgan fingerprint density at radius 2 is 1.74 bits per heavy atom. The summed E-state index contributed by atoms with van der Waals surface area (Å²) in [6.07, 6.45) is 1.01. The van der Waals surface area contributed by atoms with Crippen LogP contribution in [0.25, 0.3) is 0 Å². The summed E-state index contributed by atoms with van der Waals surface area (Å²) >= 11 is 0. The van der Waals surface area contributed by atoms with Crippen molar-refractivity contribution >= 4 is 17.3 Å². The summed E-state index contributed by atoms with van der Waals surface area (Å²) in [5.41, 5.74) is 4.61. The second kappa shape index (κ2) is 6.45. The van der Waals surface area contributed by atoms with E-state index in [1.54, 1.807) is 0 Å². The Labute approximate surface area is 138 Å². The molecule has 0 aromatic heterocycles. The molecule has 0 saturated carbocycles. The number of rotatable bonds is 4. The number of benzene rings is 2. The summed E-state index contributed by atoms with van der Waals surface area (Å²) in [6, 6.07) is 16.2. The number of nitrogens with zero attached hydrogens (tertiary/aromatic N) is 1. The molecule has 3 heteroatoms. The largest absolute Gasteiger partial charge is 0.359 e. The fraction of sp³-hybridized carbons (Fsp3) is 0.350. The first kappa shape index (κ1) is 15.6. The predicted molar refractivity (Wildman–Crippen MR) is 96.1 cm³/mol. The van der Waals surface area contributed by atoms with Gasteiger partial charge in [-0.2, -0.15) is 0 Å². The van der Waals surface area contributed by atoms with Crippen LogP contribution in [0, 0.1) is 0 Å². The lowest BCUT2D eigenvalue weighted by atomic mass is 10.0. The van der Waals surface area contributed by atoms with Crippen LogP contribution >= 0.6 is 0 Å². The first-order valence-electron chi connectivity index (χ1n) is 8.32.